The lowest BCUT2D eigenvalue weighted by atomic mass is 10.2. The third-order valence-electron chi connectivity index (χ3n) is 1.63. The summed E-state index contributed by atoms with van der Waals surface area (Å²) in [6.07, 6.45) is 7.86. The Balaban J connectivity index is 2.00. The molecule has 2 heteroatoms. The maximum atomic E-state index is 11.4. The molecule has 1 atom stereocenters. The monoisotopic (exact) mass is 157 g/mol. The van der Waals surface area contributed by atoms with Gasteiger partial charge in [-0.05, 0) is 31.6 Å². The van der Waals surface area contributed by atoms with Gasteiger partial charge in [-0.2, -0.15) is 8.78 Å². The smallest absolute Gasteiger partial charge is 0.173 e. The van der Waals surface area contributed by atoms with Crippen molar-refractivity contribution in [2.75, 3.05) is 0 Å². The van der Waals surface area contributed by atoms with Crippen LogP contribution in [0.15, 0.2) is 24.3 Å². The van der Waals surface area contributed by atoms with E-state index >= 15 is 0 Å². The topological polar surface area (TPSA) is 0 Å². The number of rotatable bonds is 4. The SMILES string of the molecule is FC(F)=CC=CCCC1[CH]C1. The minimum absolute atomic E-state index is 0.763. The van der Waals surface area contributed by atoms with Crippen LogP contribution >= 0.6 is 0 Å². The highest BCUT2D eigenvalue weighted by Crippen LogP contribution is 2.31. The van der Waals surface area contributed by atoms with E-state index in [0.29, 0.717) is 0 Å². The van der Waals surface area contributed by atoms with Gasteiger partial charge >= 0.3 is 0 Å². The summed E-state index contributed by atoms with van der Waals surface area (Å²) in [4.78, 5) is 0. The molecular formula is C9H11F2. The summed E-state index contributed by atoms with van der Waals surface area (Å²) < 4.78 is 22.9. The molecule has 0 nitrogen and oxygen atoms in total. The lowest BCUT2D eigenvalue weighted by Crippen LogP contribution is -1.71. The first kappa shape index (κ1) is 8.44. The summed E-state index contributed by atoms with van der Waals surface area (Å²) >= 11 is 0. The van der Waals surface area contributed by atoms with E-state index in [1.54, 1.807) is 6.08 Å². The van der Waals surface area contributed by atoms with Gasteiger partial charge < -0.3 is 0 Å². The molecule has 1 radical (unpaired) electrons. The molecule has 0 heterocycles. The molecule has 0 aliphatic heterocycles. The van der Waals surface area contributed by atoms with E-state index in [4.69, 9.17) is 0 Å². The quantitative estimate of drug-likeness (QED) is 0.549. The Hall–Kier alpha value is -0.660. The Labute approximate surface area is 65.6 Å². The Bertz CT molecular complexity index is 162. The molecule has 1 saturated carbocycles. The summed E-state index contributed by atoms with van der Waals surface area (Å²) in [7, 11) is 0. The molecule has 0 saturated heterocycles. The third kappa shape index (κ3) is 4.71. The number of allylic oxidation sites excluding steroid dienone is 3. The fourth-order valence-electron chi connectivity index (χ4n) is 0.879. The molecule has 11 heavy (non-hydrogen) atoms. The average Bonchev–Trinajstić information content (AvgIpc) is 2.70. The van der Waals surface area contributed by atoms with Crippen molar-refractivity contribution < 1.29 is 8.78 Å². The van der Waals surface area contributed by atoms with E-state index in [-0.39, 0.29) is 0 Å². The average molecular weight is 157 g/mol. The molecule has 0 aromatic heterocycles. The molecule has 1 aliphatic carbocycles. The van der Waals surface area contributed by atoms with Crippen molar-refractivity contribution in [3.8, 4) is 0 Å². The van der Waals surface area contributed by atoms with E-state index in [1.807, 2.05) is 0 Å². The third-order valence-corrected chi connectivity index (χ3v) is 1.63. The van der Waals surface area contributed by atoms with Crippen molar-refractivity contribution in [1.29, 1.82) is 0 Å². The minimum Gasteiger partial charge on any atom is -0.173 e. The van der Waals surface area contributed by atoms with Gasteiger partial charge in [-0.15, -0.1) is 0 Å². The van der Waals surface area contributed by atoms with Crippen LogP contribution in [-0.2, 0) is 0 Å². The molecule has 0 N–H and O–H groups in total. The molecular weight excluding hydrogens is 146 g/mol. The second kappa shape index (κ2) is 4.27. The maximum absolute atomic E-state index is 11.4. The Kier molecular flexibility index (Phi) is 3.27. The van der Waals surface area contributed by atoms with Crippen LogP contribution in [0.1, 0.15) is 19.3 Å². The van der Waals surface area contributed by atoms with Crippen LogP contribution < -0.4 is 0 Å². The maximum Gasteiger partial charge on any atom is 0.270 e. The van der Waals surface area contributed by atoms with Crippen molar-refractivity contribution in [3.05, 3.63) is 30.7 Å². The highest BCUT2D eigenvalue weighted by atomic mass is 19.3. The first-order valence-corrected chi connectivity index (χ1v) is 3.80. The summed E-state index contributed by atoms with van der Waals surface area (Å²) in [6.45, 7) is 0. The van der Waals surface area contributed by atoms with Crippen molar-refractivity contribution in [3.63, 3.8) is 0 Å². The van der Waals surface area contributed by atoms with Gasteiger partial charge in [0, 0.05) is 6.08 Å². The van der Waals surface area contributed by atoms with Crippen LogP contribution in [0.2, 0.25) is 0 Å². The van der Waals surface area contributed by atoms with Crippen molar-refractivity contribution in [2.45, 2.75) is 19.3 Å². The Morgan fingerprint density at radius 1 is 1.55 bits per heavy atom. The molecule has 0 amide bonds. The lowest BCUT2D eigenvalue weighted by Gasteiger charge is -1.87. The van der Waals surface area contributed by atoms with Crippen LogP contribution in [-0.4, -0.2) is 0 Å². The molecule has 1 aliphatic rings. The minimum atomic E-state index is -1.63. The van der Waals surface area contributed by atoms with Crippen molar-refractivity contribution in [2.24, 2.45) is 5.92 Å². The van der Waals surface area contributed by atoms with Gasteiger partial charge in [0.15, 0.2) is 0 Å². The Morgan fingerprint density at radius 3 is 2.82 bits per heavy atom. The zero-order chi connectivity index (χ0) is 8.10. The van der Waals surface area contributed by atoms with Gasteiger partial charge in [-0.1, -0.05) is 12.2 Å². The number of hydrogen-bond donors (Lipinski definition) is 0. The van der Waals surface area contributed by atoms with E-state index in [9.17, 15) is 8.78 Å². The molecule has 1 unspecified atom stereocenters. The van der Waals surface area contributed by atoms with Crippen LogP contribution in [0.25, 0.3) is 0 Å². The zero-order valence-electron chi connectivity index (χ0n) is 6.26. The largest absolute Gasteiger partial charge is 0.270 e. The van der Waals surface area contributed by atoms with Crippen molar-refractivity contribution >= 4 is 0 Å². The highest BCUT2D eigenvalue weighted by Gasteiger charge is 2.19. The summed E-state index contributed by atoms with van der Waals surface area (Å²) in [5.41, 5.74) is 0. The van der Waals surface area contributed by atoms with E-state index in [1.165, 1.54) is 12.5 Å². The normalized spacial score (nSPS) is 17.3. The second-order valence-electron chi connectivity index (χ2n) is 2.69. The van der Waals surface area contributed by atoms with Crippen LogP contribution in [0, 0.1) is 12.3 Å². The van der Waals surface area contributed by atoms with E-state index in [0.717, 1.165) is 24.8 Å². The number of hydrogen-bond acceptors (Lipinski definition) is 0. The van der Waals surface area contributed by atoms with Gasteiger partial charge in [0.25, 0.3) is 6.08 Å². The predicted octanol–water partition coefficient (Wildman–Crippen LogP) is 3.33. The molecule has 0 aromatic rings. The standard InChI is InChI=1S/C9H11F2/c10-9(11)5-3-1-2-4-8-6-7-8/h1,3,5-6,8H,2,4,7H2. The fraction of sp³-hybridized carbons (Fsp3) is 0.444. The van der Waals surface area contributed by atoms with Crippen molar-refractivity contribution in [1.82, 2.24) is 0 Å². The zero-order valence-corrected chi connectivity index (χ0v) is 6.26. The van der Waals surface area contributed by atoms with Crippen LogP contribution in [0.5, 0.6) is 0 Å². The highest BCUT2D eigenvalue weighted by molar-refractivity contribution is 5.03. The Morgan fingerprint density at radius 2 is 2.27 bits per heavy atom. The molecule has 1 rings (SSSR count). The summed E-state index contributed by atoms with van der Waals surface area (Å²) in [5, 5.41) is 0. The first-order valence-electron chi connectivity index (χ1n) is 3.80. The summed E-state index contributed by atoms with van der Waals surface area (Å²) in [5.74, 6) is 0.763. The van der Waals surface area contributed by atoms with Gasteiger partial charge in [0.1, 0.15) is 0 Å². The van der Waals surface area contributed by atoms with Gasteiger partial charge in [-0.3, -0.25) is 0 Å². The van der Waals surface area contributed by atoms with Gasteiger partial charge in [0.2, 0.25) is 0 Å². The second-order valence-corrected chi connectivity index (χ2v) is 2.69. The van der Waals surface area contributed by atoms with E-state index in [2.05, 4.69) is 6.42 Å². The summed E-state index contributed by atoms with van der Waals surface area (Å²) in [6, 6.07) is 0. The van der Waals surface area contributed by atoms with Gasteiger partial charge in [-0.25, -0.2) is 0 Å². The predicted molar refractivity (Wildman–Crippen MR) is 41.1 cm³/mol. The van der Waals surface area contributed by atoms with Gasteiger partial charge in [0.05, 0.1) is 0 Å². The van der Waals surface area contributed by atoms with E-state index < -0.39 is 6.08 Å². The first-order chi connectivity index (χ1) is 5.29. The number of halogens is 2. The molecule has 0 bridgehead atoms. The molecule has 0 spiro atoms. The van der Waals surface area contributed by atoms with Crippen LogP contribution in [0.3, 0.4) is 0 Å². The fourth-order valence-corrected chi connectivity index (χ4v) is 0.879. The lowest BCUT2D eigenvalue weighted by molar-refractivity contribution is 0.422. The van der Waals surface area contributed by atoms with Crippen LogP contribution in [0.4, 0.5) is 8.78 Å². The molecule has 1 fully saturated rings. The molecule has 61 valence electrons. The molecule has 0 aromatic carbocycles.